The summed E-state index contributed by atoms with van der Waals surface area (Å²) in [5, 5.41) is 6.27. The van der Waals surface area contributed by atoms with Crippen LogP contribution < -0.4 is 10.6 Å². The summed E-state index contributed by atoms with van der Waals surface area (Å²) < 4.78 is 13.1. The standard InChI is InChI=1S/C20H22FN5O2/c1-13-22-10-5-16(24-13)18(28)26-20-7-2-6-19(12-20,8-9-20)25-17(27)15-4-3-14(21)11-23-15/h3-5,10-11H,2,6-9,12H2,1H3,(H,25,27)(H,26,28). The maximum absolute atomic E-state index is 13.1. The summed E-state index contributed by atoms with van der Waals surface area (Å²) in [6, 6.07) is 4.21. The van der Waals surface area contributed by atoms with Crippen molar-refractivity contribution in [1.29, 1.82) is 0 Å². The Kier molecular flexibility index (Phi) is 4.56. The number of nitrogens with one attached hydrogen (secondary N) is 2. The number of nitrogens with zero attached hydrogens (tertiary/aromatic N) is 3. The van der Waals surface area contributed by atoms with E-state index in [2.05, 4.69) is 25.6 Å². The first-order valence-corrected chi connectivity index (χ1v) is 9.45. The number of rotatable bonds is 4. The molecule has 2 aliphatic rings. The summed E-state index contributed by atoms with van der Waals surface area (Å²) >= 11 is 0. The van der Waals surface area contributed by atoms with Crippen LogP contribution in [0.2, 0.25) is 0 Å². The van der Waals surface area contributed by atoms with Gasteiger partial charge in [0, 0.05) is 17.3 Å². The Morgan fingerprint density at radius 3 is 2.25 bits per heavy atom. The van der Waals surface area contributed by atoms with Crippen LogP contribution in [0.5, 0.6) is 0 Å². The van der Waals surface area contributed by atoms with Crippen molar-refractivity contribution in [1.82, 2.24) is 25.6 Å². The van der Waals surface area contributed by atoms with Crippen LogP contribution in [-0.4, -0.2) is 37.8 Å². The first kappa shape index (κ1) is 18.5. The van der Waals surface area contributed by atoms with E-state index in [1.54, 1.807) is 19.2 Å². The maximum Gasteiger partial charge on any atom is 0.270 e. The van der Waals surface area contributed by atoms with Crippen LogP contribution in [-0.2, 0) is 0 Å². The molecule has 0 radical (unpaired) electrons. The SMILES string of the molecule is Cc1nccc(C(=O)NC23CCCC(NC(=O)c4ccc(F)cn4)(CC2)C3)n1. The molecule has 2 aromatic heterocycles. The number of halogens is 1. The van der Waals surface area contributed by atoms with Gasteiger partial charge in [-0.25, -0.2) is 19.3 Å². The van der Waals surface area contributed by atoms with Crippen molar-refractivity contribution in [2.45, 2.75) is 56.5 Å². The Bertz CT molecular complexity index is 919. The molecule has 2 N–H and O–H groups in total. The van der Waals surface area contributed by atoms with Crippen molar-refractivity contribution in [3.8, 4) is 0 Å². The second kappa shape index (κ2) is 6.92. The fourth-order valence-electron chi connectivity index (χ4n) is 4.54. The predicted octanol–water partition coefficient (Wildman–Crippen LogP) is 2.32. The number of pyridine rings is 1. The predicted molar refractivity (Wildman–Crippen MR) is 99.1 cm³/mol. The molecule has 2 fully saturated rings. The highest BCUT2D eigenvalue weighted by Crippen LogP contribution is 2.48. The zero-order chi connectivity index (χ0) is 19.8. The number of carbonyl (C=O) groups excluding carboxylic acids is 2. The van der Waals surface area contributed by atoms with Gasteiger partial charge in [-0.2, -0.15) is 0 Å². The zero-order valence-electron chi connectivity index (χ0n) is 15.7. The number of aryl methyl sites for hydroxylation is 1. The number of carbonyl (C=O) groups is 2. The van der Waals surface area contributed by atoms with Crippen molar-refractivity contribution in [2.75, 3.05) is 0 Å². The first-order chi connectivity index (χ1) is 13.4. The molecule has 2 saturated carbocycles. The Hall–Kier alpha value is -2.90. The van der Waals surface area contributed by atoms with Crippen LogP contribution in [0.4, 0.5) is 4.39 Å². The second-order valence-corrected chi connectivity index (χ2v) is 7.85. The van der Waals surface area contributed by atoms with E-state index in [-0.39, 0.29) is 28.6 Å². The molecule has 2 aliphatic carbocycles. The molecule has 4 rings (SSSR count). The van der Waals surface area contributed by atoms with Crippen LogP contribution in [0.1, 0.15) is 65.3 Å². The smallest absolute Gasteiger partial charge is 0.270 e. The summed E-state index contributed by atoms with van der Waals surface area (Å²) in [5.41, 5.74) is -0.179. The van der Waals surface area contributed by atoms with E-state index >= 15 is 0 Å². The summed E-state index contributed by atoms with van der Waals surface area (Å²) in [4.78, 5) is 37.4. The van der Waals surface area contributed by atoms with Crippen molar-refractivity contribution >= 4 is 11.8 Å². The molecule has 0 saturated heterocycles. The number of hydrogen-bond acceptors (Lipinski definition) is 5. The molecule has 2 bridgehead atoms. The highest BCUT2D eigenvalue weighted by molar-refractivity contribution is 5.93. The van der Waals surface area contributed by atoms with Gasteiger partial charge in [-0.05, 0) is 63.6 Å². The van der Waals surface area contributed by atoms with E-state index in [9.17, 15) is 14.0 Å². The molecule has 2 heterocycles. The van der Waals surface area contributed by atoms with E-state index in [1.165, 1.54) is 12.1 Å². The topological polar surface area (TPSA) is 96.9 Å². The van der Waals surface area contributed by atoms with Gasteiger partial charge in [-0.15, -0.1) is 0 Å². The fraction of sp³-hybridized carbons (Fsp3) is 0.450. The van der Waals surface area contributed by atoms with Crippen LogP contribution >= 0.6 is 0 Å². The van der Waals surface area contributed by atoms with Gasteiger partial charge in [-0.1, -0.05) is 0 Å². The molecule has 8 heteroatoms. The first-order valence-electron chi connectivity index (χ1n) is 9.45. The molecule has 2 unspecified atom stereocenters. The Morgan fingerprint density at radius 1 is 0.964 bits per heavy atom. The molecule has 2 amide bonds. The van der Waals surface area contributed by atoms with Gasteiger partial charge in [0.2, 0.25) is 0 Å². The van der Waals surface area contributed by atoms with E-state index in [1.807, 2.05) is 0 Å². The third-order valence-corrected chi connectivity index (χ3v) is 5.80. The largest absolute Gasteiger partial charge is 0.345 e. The highest BCUT2D eigenvalue weighted by atomic mass is 19.1. The third kappa shape index (κ3) is 3.58. The van der Waals surface area contributed by atoms with Gasteiger partial charge in [0.05, 0.1) is 6.20 Å². The monoisotopic (exact) mass is 383 g/mol. The minimum absolute atomic E-state index is 0.194. The third-order valence-electron chi connectivity index (χ3n) is 5.80. The molecule has 0 aromatic carbocycles. The lowest BCUT2D eigenvalue weighted by atomic mass is 9.78. The summed E-state index contributed by atoms with van der Waals surface area (Å²) in [7, 11) is 0. The minimum atomic E-state index is -0.477. The molecule has 28 heavy (non-hydrogen) atoms. The second-order valence-electron chi connectivity index (χ2n) is 7.85. The average molecular weight is 383 g/mol. The van der Waals surface area contributed by atoms with E-state index < -0.39 is 5.82 Å². The lowest BCUT2D eigenvalue weighted by molar-refractivity contribution is 0.0827. The molecule has 146 valence electrons. The van der Waals surface area contributed by atoms with Crippen molar-refractivity contribution in [3.63, 3.8) is 0 Å². The van der Waals surface area contributed by atoms with Gasteiger partial charge in [0.15, 0.2) is 0 Å². The Morgan fingerprint density at radius 2 is 1.64 bits per heavy atom. The molecule has 0 spiro atoms. The Labute approximate surface area is 162 Å². The summed E-state index contributed by atoms with van der Waals surface area (Å²) in [6.45, 7) is 1.75. The lowest BCUT2D eigenvalue weighted by Gasteiger charge is -2.40. The zero-order valence-corrected chi connectivity index (χ0v) is 15.7. The molecular weight excluding hydrogens is 361 g/mol. The van der Waals surface area contributed by atoms with Crippen LogP contribution in [0.3, 0.4) is 0 Å². The van der Waals surface area contributed by atoms with Gasteiger partial charge in [0.25, 0.3) is 11.8 Å². The van der Waals surface area contributed by atoms with Gasteiger partial charge < -0.3 is 10.6 Å². The van der Waals surface area contributed by atoms with Crippen molar-refractivity contribution in [2.24, 2.45) is 0 Å². The summed E-state index contributed by atoms with van der Waals surface area (Å²) in [6.07, 6.45) is 7.48. The van der Waals surface area contributed by atoms with Gasteiger partial charge in [-0.3, -0.25) is 9.59 Å². The molecular formula is C20H22FN5O2. The van der Waals surface area contributed by atoms with Crippen LogP contribution in [0.15, 0.2) is 30.6 Å². The fourth-order valence-corrected chi connectivity index (χ4v) is 4.54. The molecule has 2 atom stereocenters. The summed E-state index contributed by atoms with van der Waals surface area (Å²) in [5.74, 6) is -0.450. The number of aromatic nitrogens is 3. The molecule has 0 aliphatic heterocycles. The number of fused-ring (bicyclic) bond motifs is 2. The maximum atomic E-state index is 13.1. The number of hydrogen-bond donors (Lipinski definition) is 2. The lowest BCUT2D eigenvalue weighted by Crippen LogP contribution is -2.55. The van der Waals surface area contributed by atoms with Crippen LogP contribution in [0.25, 0.3) is 0 Å². The van der Waals surface area contributed by atoms with E-state index in [0.717, 1.165) is 38.3 Å². The number of amides is 2. The van der Waals surface area contributed by atoms with Crippen LogP contribution in [0, 0.1) is 12.7 Å². The van der Waals surface area contributed by atoms with E-state index in [4.69, 9.17) is 0 Å². The Balaban J connectivity index is 1.47. The minimum Gasteiger partial charge on any atom is -0.345 e. The quantitative estimate of drug-likeness (QED) is 0.845. The van der Waals surface area contributed by atoms with E-state index in [0.29, 0.717) is 17.9 Å². The van der Waals surface area contributed by atoms with Crippen molar-refractivity contribution in [3.05, 3.63) is 53.6 Å². The molecule has 2 aromatic rings. The normalized spacial score (nSPS) is 25.9. The van der Waals surface area contributed by atoms with Crippen molar-refractivity contribution < 1.29 is 14.0 Å². The highest BCUT2D eigenvalue weighted by Gasteiger charge is 2.52. The van der Waals surface area contributed by atoms with Gasteiger partial charge in [0.1, 0.15) is 23.0 Å². The van der Waals surface area contributed by atoms with Gasteiger partial charge >= 0.3 is 0 Å². The average Bonchev–Trinajstić information content (AvgIpc) is 2.92. The molecule has 7 nitrogen and oxygen atoms in total.